The first-order valence-electron chi connectivity index (χ1n) is 5.44. The minimum Gasteiger partial charge on any atom is -0.443 e. The van der Waals surface area contributed by atoms with Gasteiger partial charge in [0.2, 0.25) is 0 Å². The minimum absolute atomic E-state index is 0. The summed E-state index contributed by atoms with van der Waals surface area (Å²) in [6.45, 7) is -0.894. The molecule has 102 valence electrons. The van der Waals surface area contributed by atoms with Gasteiger partial charge < -0.3 is 15.0 Å². The van der Waals surface area contributed by atoms with Crippen molar-refractivity contribution in [1.82, 2.24) is 10.3 Å². The van der Waals surface area contributed by atoms with Gasteiger partial charge in [-0.3, -0.25) is 0 Å². The fourth-order valence-corrected chi connectivity index (χ4v) is 2.09. The molecule has 1 aromatic carbocycles. The lowest BCUT2D eigenvalue weighted by molar-refractivity contribution is -0.104. The van der Waals surface area contributed by atoms with Gasteiger partial charge in [0.15, 0.2) is 6.61 Å². The van der Waals surface area contributed by atoms with E-state index < -0.39 is 24.7 Å². The van der Waals surface area contributed by atoms with Crippen LogP contribution in [0.2, 0.25) is 0 Å². The third kappa shape index (κ3) is 2.35. The van der Waals surface area contributed by atoms with Crippen LogP contribution in [-0.2, 0) is 4.74 Å². The van der Waals surface area contributed by atoms with Crippen molar-refractivity contribution in [3.05, 3.63) is 36.0 Å². The number of fused-ring (bicyclic) bond motifs is 1. The molecule has 0 bridgehead atoms. The van der Waals surface area contributed by atoms with Crippen molar-refractivity contribution < 1.29 is 18.3 Å². The quantitative estimate of drug-likeness (QED) is 0.847. The zero-order chi connectivity index (χ0) is 12.8. The Morgan fingerprint density at radius 2 is 2.11 bits per heavy atom. The number of aromatic nitrogens is 1. The van der Waals surface area contributed by atoms with Gasteiger partial charge in [0, 0.05) is 11.7 Å². The molecular weight excluding hydrogens is 278 g/mol. The van der Waals surface area contributed by atoms with E-state index in [-0.39, 0.29) is 12.4 Å². The van der Waals surface area contributed by atoms with Crippen LogP contribution in [0.15, 0.2) is 30.5 Å². The lowest BCUT2D eigenvalue weighted by atomic mass is 9.99. The van der Waals surface area contributed by atoms with Crippen LogP contribution in [0.1, 0.15) is 11.6 Å². The van der Waals surface area contributed by atoms with E-state index in [9.17, 15) is 13.6 Å². The molecule has 1 fully saturated rings. The Balaban J connectivity index is 0.00000133. The van der Waals surface area contributed by atoms with E-state index in [1.165, 1.54) is 0 Å². The summed E-state index contributed by atoms with van der Waals surface area (Å²) in [5.74, 6) is -3.11. The summed E-state index contributed by atoms with van der Waals surface area (Å²) in [7, 11) is 0. The van der Waals surface area contributed by atoms with Crippen LogP contribution in [0.5, 0.6) is 0 Å². The first kappa shape index (κ1) is 13.6. The summed E-state index contributed by atoms with van der Waals surface area (Å²) < 4.78 is 31.7. The normalized spacial score (nSPS) is 21.4. The summed E-state index contributed by atoms with van der Waals surface area (Å²) in [6, 6.07) is 5.36. The molecule has 0 aliphatic carbocycles. The summed E-state index contributed by atoms with van der Waals surface area (Å²) in [5, 5.41) is 2.98. The molecule has 1 aromatic heterocycles. The van der Waals surface area contributed by atoms with Gasteiger partial charge in [0.25, 0.3) is 0 Å². The molecule has 3 rings (SSSR count). The number of benzene rings is 1. The van der Waals surface area contributed by atoms with Gasteiger partial charge in [-0.15, -0.1) is 12.4 Å². The van der Waals surface area contributed by atoms with Crippen LogP contribution in [0, 0.1) is 0 Å². The molecule has 0 radical (unpaired) electrons. The fraction of sp³-hybridized carbons (Fsp3) is 0.250. The van der Waals surface area contributed by atoms with Crippen LogP contribution >= 0.6 is 12.4 Å². The first-order valence-corrected chi connectivity index (χ1v) is 5.44. The summed E-state index contributed by atoms with van der Waals surface area (Å²) in [6.07, 6.45) is 0.912. The molecule has 4 nitrogen and oxygen atoms in total. The van der Waals surface area contributed by atoms with Gasteiger partial charge >= 0.3 is 12.0 Å². The number of H-pyrrole nitrogens is 1. The standard InChI is InChI=1S/C12H10F2N2O2.ClH/c13-12(14)6-18-11(17)16-10(12)8-1-2-9-7(5-8)3-4-15-9;/h1-5,10,15H,6H2,(H,16,17);1H/t10-;/m0./s1. The number of nitrogens with one attached hydrogen (secondary N) is 2. The van der Waals surface area contributed by atoms with Crippen molar-refractivity contribution >= 4 is 29.4 Å². The number of halogens is 3. The Hall–Kier alpha value is -1.82. The Labute approximate surface area is 113 Å². The van der Waals surface area contributed by atoms with Gasteiger partial charge in [-0.2, -0.15) is 0 Å². The summed E-state index contributed by atoms with van der Waals surface area (Å²) in [4.78, 5) is 14.1. The van der Waals surface area contributed by atoms with E-state index in [1.54, 1.807) is 30.5 Å². The van der Waals surface area contributed by atoms with E-state index >= 15 is 0 Å². The van der Waals surface area contributed by atoms with Crippen LogP contribution in [0.3, 0.4) is 0 Å². The number of alkyl halides is 2. The smallest absolute Gasteiger partial charge is 0.408 e. The molecule has 1 aliphatic heterocycles. The number of ether oxygens (including phenoxy) is 1. The Bertz CT molecular complexity index is 615. The molecule has 0 spiro atoms. The number of carbonyl (C=O) groups is 1. The van der Waals surface area contributed by atoms with Gasteiger partial charge in [-0.25, -0.2) is 13.6 Å². The molecule has 1 amide bonds. The van der Waals surface area contributed by atoms with Gasteiger partial charge in [-0.05, 0) is 29.1 Å². The highest BCUT2D eigenvalue weighted by Gasteiger charge is 2.46. The molecule has 0 unspecified atom stereocenters. The van der Waals surface area contributed by atoms with E-state index in [2.05, 4.69) is 15.0 Å². The lowest BCUT2D eigenvalue weighted by Gasteiger charge is -2.31. The Morgan fingerprint density at radius 3 is 2.89 bits per heavy atom. The largest absolute Gasteiger partial charge is 0.443 e. The maximum atomic E-state index is 13.7. The number of aromatic amines is 1. The number of carbonyl (C=O) groups excluding carboxylic acids is 1. The average Bonchev–Trinajstić information content (AvgIpc) is 2.79. The van der Waals surface area contributed by atoms with Gasteiger partial charge in [-0.1, -0.05) is 6.07 Å². The molecule has 1 atom stereocenters. The molecule has 19 heavy (non-hydrogen) atoms. The van der Waals surface area contributed by atoms with Gasteiger partial charge in [0.1, 0.15) is 6.04 Å². The number of alkyl carbamates (subject to hydrolysis) is 1. The third-order valence-corrected chi connectivity index (χ3v) is 2.99. The lowest BCUT2D eigenvalue weighted by Crippen LogP contribution is -2.49. The summed E-state index contributed by atoms with van der Waals surface area (Å²) >= 11 is 0. The molecule has 2 N–H and O–H groups in total. The maximum absolute atomic E-state index is 13.7. The van der Waals surface area contributed by atoms with Crippen molar-refractivity contribution in [2.45, 2.75) is 12.0 Å². The van der Waals surface area contributed by atoms with Crippen LogP contribution in [0.25, 0.3) is 10.9 Å². The molecule has 7 heteroatoms. The zero-order valence-corrected chi connectivity index (χ0v) is 10.5. The number of amides is 1. The van der Waals surface area contributed by atoms with E-state index in [4.69, 9.17) is 0 Å². The highest BCUT2D eigenvalue weighted by molar-refractivity contribution is 5.85. The molecular formula is C12H11ClF2N2O2. The third-order valence-electron chi connectivity index (χ3n) is 2.99. The van der Waals surface area contributed by atoms with E-state index in [1.807, 2.05) is 0 Å². The maximum Gasteiger partial charge on any atom is 0.408 e. The number of hydrogen-bond acceptors (Lipinski definition) is 2. The Morgan fingerprint density at radius 1 is 1.32 bits per heavy atom. The van der Waals surface area contributed by atoms with Crippen molar-refractivity contribution in [1.29, 1.82) is 0 Å². The minimum atomic E-state index is -3.11. The van der Waals surface area contributed by atoms with Crippen molar-refractivity contribution in [2.75, 3.05) is 6.61 Å². The summed E-state index contributed by atoms with van der Waals surface area (Å²) in [5.41, 5.74) is 1.23. The molecule has 2 aromatic rings. The second-order valence-corrected chi connectivity index (χ2v) is 4.24. The highest BCUT2D eigenvalue weighted by atomic mass is 35.5. The molecule has 2 heterocycles. The van der Waals surface area contributed by atoms with Crippen LogP contribution in [-0.4, -0.2) is 23.6 Å². The molecule has 1 saturated heterocycles. The fourth-order valence-electron chi connectivity index (χ4n) is 2.09. The predicted molar refractivity (Wildman–Crippen MR) is 67.7 cm³/mol. The number of cyclic esters (lactones) is 1. The SMILES string of the molecule is Cl.O=C1N[C@@H](c2ccc3[nH]ccc3c2)C(F)(F)CO1. The zero-order valence-electron chi connectivity index (χ0n) is 9.65. The molecule has 1 aliphatic rings. The van der Waals surface area contributed by atoms with Gasteiger partial charge in [0.05, 0.1) is 0 Å². The first-order chi connectivity index (χ1) is 8.56. The van der Waals surface area contributed by atoms with Crippen LogP contribution < -0.4 is 5.32 Å². The van der Waals surface area contributed by atoms with Crippen molar-refractivity contribution in [3.8, 4) is 0 Å². The molecule has 0 saturated carbocycles. The van der Waals surface area contributed by atoms with Crippen molar-refractivity contribution in [2.24, 2.45) is 0 Å². The second-order valence-electron chi connectivity index (χ2n) is 4.24. The predicted octanol–water partition coefficient (Wildman–Crippen LogP) is 3.01. The monoisotopic (exact) mass is 288 g/mol. The topological polar surface area (TPSA) is 54.1 Å². The highest BCUT2D eigenvalue weighted by Crippen LogP contribution is 2.35. The average molecular weight is 289 g/mol. The number of rotatable bonds is 1. The van der Waals surface area contributed by atoms with Crippen molar-refractivity contribution in [3.63, 3.8) is 0 Å². The van der Waals surface area contributed by atoms with Crippen LogP contribution in [0.4, 0.5) is 13.6 Å². The van der Waals surface area contributed by atoms with E-state index in [0.29, 0.717) is 5.56 Å². The second kappa shape index (κ2) is 4.70. The number of hydrogen-bond donors (Lipinski definition) is 2. The van der Waals surface area contributed by atoms with E-state index in [0.717, 1.165) is 10.9 Å². The Kier molecular flexibility index (Phi) is 3.36.